The van der Waals surface area contributed by atoms with E-state index >= 15 is 0 Å². The van der Waals surface area contributed by atoms with Crippen molar-refractivity contribution in [2.75, 3.05) is 23.3 Å². The van der Waals surface area contributed by atoms with Gasteiger partial charge in [-0.2, -0.15) is 0 Å². The van der Waals surface area contributed by atoms with Gasteiger partial charge >= 0.3 is 5.97 Å². The number of aliphatic hydroxyl groups is 1. The van der Waals surface area contributed by atoms with Crippen LogP contribution in [0.2, 0.25) is 0 Å². The normalized spacial score (nSPS) is 17.6. The monoisotopic (exact) mass is 540 g/mol. The van der Waals surface area contributed by atoms with E-state index in [0.717, 1.165) is 54.0 Å². The lowest BCUT2D eigenvalue weighted by atomic mass is 9.85. The topological polar surface area (TPSA) is 108 Å². The molecule has 0 spiro atoms. The highest BCUT2D eigenvalue weighted by atomic mass is 16.5. The van der Waals surface area contributed by atoms with E-state index in [9.17, 15) is 15.0 Å². The van der Waals surface area contributed by atoms with Gasteiger partial charge in [-0.1, -0.05) is 42.5 Å². The fourth-order valence-electron chi connectivity index (χ4n) is 5.05. The van der Waals surface area contributed by atoms with E-state index in [0.29, 0.717) is 36.7 Å². The third-order valence-electron chi connectivity index (χ3n) is 7.37. The van der Waals surface area contributed by atoms with Gasteiger partial charge in [0.05, 0.1) is 24.4 Å². The highest BCUT2D eigenvalue weighted by Gasteiger charge is 2.27. The molecule has 2 heterocycles. The van der Waals surface area contributed by atoms with Crippen LogP contribution in [-0.4, -0.2) is 45.3 Å². The number of carbonyl (C=O) groups is 1. The lowest BCUT2D eigenvalue weighted by Crippen LogP contribution is -2.40. The van der Waals surface area contributed by atoms with Gasteiger partial charge in [-0.3, -0.25) is 9.78 Å². The summed E-state index contributed by atoms with van der Waals surface area (Å²) in [5, 5.41) is 23.0. The van der Waals surface area contributed by atoms with Crippen LogP contribution in [-0.2, 0) is 16.0 Å². The number of piperidine rings is 1. The summed E-state index contributed by atoms with van der Waals surface area (Å²) in [7, 11) is 0. The van der Waals surface area contributed by atoms with Crippen LogP contribution in [0.3, 0.4) is 0 Å². The van der Waals surface area contributed by atoms with Crippen molar-refractivity contribution < 1.29 is 19.7 Å². The summed E-state index contributed by atoms with van der Waals surface area (Å²) in [6, 6.07) is 16.1. The number of hydrogen-bond acceptors (Lipinski definition) is 7. The molecule has 2 aliphatic rings. The molecule has 1 aliphatic heterocycles. The van der Waals surface area contributed by atoms with Gasteiger partial charge in [0, 0.05) is 18.7 Å². The second-order valence-corrected chi connectivity index (χ2v) is 11.1. The lowest BCUT2D eigenvalue weighted by molar-refractivity contribution is -0.146. The van der Waals surface area contributed by atoms with Gasteiger partial charge in [-0.15, -0.1) is 0 Å². The number of carboxylic acids is 1. The van der Waals surface area contributed by atoms with E-state index in [1.54, 1.807) is 26.2 Å². The molecule has 8 nitrogen and oxygen atoms in total. The number of aliphatic carboxylic acids is 1. The molecule has 1 atom stereocenters. The highest BCUT2D eigenvalue weighted by Crippen LogP contribution is 2.29. The van der Waals surface area contributed by atoms with Crippen LogP contribution in [0, 0.1) is 5.41 Å². The van der Waals surface area contributed by atoms with Crippen LogP contribution in [0.25, 0.3) is 11.1 Å². The summed E-state index contributed by atoms with van der Waals surface area (Å²) in [6.07, 6.45) is 11.2. The van der Waals surface area contributed by atoms with Gasteiger partial charge in [-0.25, -0.2) is 4.98 Å². The van der Waals surface area contributed by atoms with Crippen molar-refractivity contribution in [3.8, 4) is 11.1 Å². The molecule has 1 aliphatic carbocycles. The first kappa shape index (κ1) is 27.2. The molecule has 3 N–H and O–H groups in total. The maximum absolute atomic E-state index is 11.5. The fraction of sp³-hybridized carbons (Fsp3) is 0.344. The van der Waals surface area contributed by atoms with Crippen LogP contribution < -0.4 is 10.2 Å². The SMILES string of the molecule is CC(C)(Cc1ccc(-c2cccc(Nc3cncc(N4CCCC(OC5=C(O)CCC=C5)C4)n3)c2)cc1)C(=O)O. The van der Waals surface area contributed by atoms with E-state index in [-0.39, 0.29) is 6.10 Å². The first-order chi connectivity index (χ1) is 19.3. The van der Waals surface area contributed by atoms with Gasteiger partial charge < -0.3 is 25.2 Å². The van der Waals surface area contributed by atoms with Crippen LogP contribution in [0.5, 0.6) is 0 Å². The maximum atomic E-state index is 11.5. The van der Waals surface area contributed by atoms with Crippen LogP contribution >= 0.6 is 0 Å². The first-order valence-corrected chi connectivity index (χ1v) is 13.8. The Labute approximate surface area is 235 Å². The number of carboxylic acid groups (broad SMARTS) is 1. The number of aliphatic hydroxyl groups excluding tert-OH is 1. The zero-order valence-corrected chi connectivity index (χ0v) is 23.0. The van der Waals surface area contributed by atoms with Gasteiger partial charge in [-0.05, 0) is 74.4 Å². The summed E-state index contributed by atoms with van der Waals surface area (Å²) >= 11 is 0. The van der Waals surface area contributed by atoms with Crippen molar-refractivity contribution in [3.05, 3.63) is 90.2 Å². The number of aromatic nitrogens is 2. The minimum atomic E-state index is -0.809. The summed E-state index contributed by atoms with van der Waals surface area (Å²) < 4.78 is 6.13. The van der Waals surface area contributed by atoms with Gasteiger partial charge in [0.1, 0.15) is 17.7 Å². The predicted octanol–water partition coefficient (Wildman–Crippen LogP) is 6.65. The second kappa shape index (κ2) is 11.8. The molecule has 8 heteroatoms. The Bertz CT molecular complexity index is 1410. The number of nitrogens with zero attached hydrogens (tertiary/aromatic N) is 3. The van der Waals surface area contributed by atoms with Crippen LogP contribution in [0.15, 0.2) is 84.6 Å². The first-order valence-electron chi connectivity index (χ1n) is 13.8. The third-order valence-corrected chi connectivity index (χ3v) is 7.37. The summed E-state index contributed by atoms with van der Waals surface area (Å²) in [5.41, 5.74) is 3.17. The standard InChI is InChI=1S/C32H36N4O4/c1-32(2,31(38)39)18-22-12-14-23(15-13-22)24-7-5-8-25(17-24)34-29-19-33-20-30(35-29)36-16-6-9-26(21-36)40-28-11-4-3-10-27(28)37/h4-5,7-8,11-15,17,19-20,26,37H,3,6,9-10,16,18,21H2,1-2H3,(H,34,35)(H,38,39). The minimum Gasteiger partial charge on any atom is -0.508 e. The molecule has 1 saturated heterocycles. The number of benzene rings is 2. The van der Waals surface area contributed by atoms with Gasteiger partial charge in [0.25, 0.3) is 0 Å². The molecule has 0 radical (unpaired) electrons. The van der Waals surface area contributed by atoms with Crippen molar-refractivity contribution in [2.45, 2.75) is 52.1 Å². The Morgan fingerprint density at radius 3 is 2.75 bits per heavy atom. The molecule has 0 saturated carbocycles. The molecule has 0 bridgehead atoms. The average Bonchev–Trinajstić information content (AvgIpc) is 2.95. The maximum Gasteiger partial charge on any atom is 0.309 e. The van der Waals surface area contributed by atoms with E-state index in [1.807, 2.05) is 54.6 Å². The number of allylic oxidation sites excluding steroid dienone is 3. The van der Waals surface area contributed by atoms with Crippen molar-refractivity contribution >= 4 is 23.3 Å². The average molecular weight is 541 g/mol. The Morgan fingerprint density at radius 2 is 1.98 bits per heavy atom. The van der Waals surface area contributed by atoms with Crippen molar-refractivity contribution in [2.24, 2.45) is 5.41 Å². The molecule has 1 fully saturated rings. The zero-order chi connectivity index (χ0) is 28.1. The molecular weight excluding hydrogens is 504 g/mol. The molecule has 5 rings (SSSR count). The highest BCUT2D eigenvalue weighted by molar-refractivity contribution is 5.74. The fourth-order valence-corrected chi connectivity index (χ4v) is 5.05. The lowest BCUT2D eigenvalue weighted by Gasteiger charge is -2.34. The van der Waals surface area contributed by atoms with Gasteiger partial charge in [0.15, 0.2) is 11.6 Å². The van der Waals surface area contributed by atoms with E-state index < -0.39 is 11.4 Å². The number of ether oxygens (including phenoxy) is 1. The molecule has 2 aromatic carbocycles. The van der Waals surface area contributed by atoms with Crippen molar-refractivity contribution in [1.82, 2.24) is 9.97 Å². The molecule has 0 amide bonds. The number of anilines is 3. The summed E-state index contributed by atoms with van der Waals surface area (Å²) in [6.45, 7) is 5.03. The summed E-state index contributed by atoms with van der Waals surface area (Å²) in [5.74, 6) is 1.54. The van der Waals surface area contributed by atoms with Gasteiger partial charge in [0.2, 0.25) is 0 Å². The van der Waals surface area contributed by atoms with Crippen LogP contribution in [0.4, 0.5) is 17.3 Å². The molecular formula is C32H36N4O4. The Morgan fingerprint density at radius 1 is 1.15 bits per heavy atom. The predicted molar refractivity (Wildman–Crippen MR) is 157 cm³/mol. The smallest absolute Gasteiger partial charge is 0.309 e. The molecule has 40 heavy (non-hydrogen) atoms. The Kier molecular flexibility index (Phi) is 8.05. The summed E-state index contributed by atoms with van der Waals surface area (Å²) in [4.78, 5) is 22.9. The largest absolute Gasteiger partial charge is 0.508 e. The number of hydrogen-bond donors (Lipinski definition) is 3. The Hall–Kier alpha value is -4.33. The van der Waals surface area contributed by atoms with E-state index in [2.05, 4.69) is 21.3 Å². The third kappa shape index (κ3) is 6.62. The molecule has 1 aromatic heterocycles. The minimum absolute atomic E-state index is 0.0228. The quantitative estimate of drug-likeness (QED) is 0.277. The molecule has 1 unspecified atom stereocenters. The Balaban J connectivity index is 1.25. The van der Waals surface area contributed by atoms with Crippen molar-refractivity contribution in [3.63, 3.8) is 0 Å². The van der Waals surface area contributed by atoms with Crippen molar-refractivity contribution in [1.29, 1.82) is 0 Å². The number of rotatable bonds is 9. The van der Waals surface area contributed by atoms with E-state index in [1.165, 1.54) is 0 Å². The molecule has 3 aromatic rings. The van der Waals surface area contributed by atoms with Crippen LogP contribution in [0.1, 0.15) is 45.1 Å². The van der Waals surface area contributed by atoms with E-state index in [4.69, 9.17) is 9.72 Å². The molecule has 208 valence electrons. The second-order valence-electron chi connectivity index (χ2n) is 11.1. The number of nitrogens with one attached hydrogen (secondary N) is 1. The zero-order valence-electron chi connectivity index (χ0n) is 23.0.